The molecule has 4 rings (SSSR count). The summed E-state index contributed by atoms with van der Waals surface area (Å²) in [5.74, 6) is 0.0275. The lowest BCUT2D eigenvalue weighted by Gasteiger charge is -2.22. The molecule has 0 aliphatic carbocycles. The third-order valence-corrected chi connectivity index (χ3v) is 8.82. The van der Waals surface area contributed by atoms with Crippen molar-refractivity contribution in [1.82, 2.24) is 14.5 Å². The average molecular weight is 470 g/mol. The molecule has 0 spiro atoms. The molecule has 1 amide bonds. The van der Waals surface area contributed by atoms with Gasteiger partial charge in [-0.3, -0.25) is 4.79 Å². The number of carbonyl (C=O) groups excluding carboxylic acids is 1. The Balaban J connectivity index is 2.33. The fourth-order valence-corrected chi connectivity index (χ4v) is 5.80. The number of fused-ring (bicyclic) bond motifs is 2. The third-order valence-electron chi connectivity index (χ3n) is 8.82. The van der Waals surface area contributed by atoms with Crippen LogP contribution in [0.1, 0.15) is 66.1 Å². The summed E-state index contributed by atoms with van der Waals surface area (Å²) in [6.07, 6.45) is 0. The zero-order valence-corrected chi connectivity index (χ0v) is 23.7. The van der Waals surface area contributed by atoms with Crippen LogP contribution in [0.2, 0.25) is 0 Å². The molecule has 0 N–H and O–H groups in total. The molecule has 0 fully saturated rings. The normalized spacial score (nSPS) is 11.7. The molecule has 0 bridgehead atoms. The Hall–Kier alpha value is -3.14. The Labute approximate surface area is 210 Å². The number of aryl methyl sites for hydroxylation is 5. The van der Waals surface area contributed by atoms with Crippen molar-refractivity contribution in [3.8, 4) is 11.3 Å². The first-order chi connectivity index (χ1) is 16.2. The van der Waals surface area contributed by atoms with Crippen LogP contribution in [0.25, 0.3) is 33.1 Å². The van der Waals surface area contributed by atoms with E-state index < -0.39 is 0 Å². The lowest BCUT2D eigenvalue weighted by molar-refractivity contribution is 0.0828. The topological polar surface area (TPSA) is 38.1 Å². The van der Waals surface area contributed by atoms with Gasteiger partial charge in [-0.1, -0.05) is 0 Å². The molecule has 35 heavy (non-hydrogen) atoms. The molecule has 2 heterocycles. The van der Waals surface area contributed by atoms with Crippen LogP contribution in [-0.2, 0) is 7.05 Å². The second kappa shape index (κ2) is 8.22. The lowest BCUT2D eigenvalue weighted by atomic mass is 9.87. The minimum Gasteiger partial charge on any atom is -0.347 e. The Kier molecular flexibility index (Phi) is 5.86. The summed E-state index contributed by atoms with van der Waals surface area (Å²) in [7, 11) is 5.81. The molecule has 0 atom stereocenters. The standard InChI is InChI=1S/C31H39N3O/c1-14-16(3)20(7)28-24(18(14)5)26(31(35)33(11)12)22(9)29(32-28)27-23(10)34(13)30-21(8)17(4)15(2)19(6)25(27)30/h1-13H3. The molecule has 0 unspecified atom stereocenters. The number of amides is 1. The van der Waals surface area contributed by atoms with Gasteiger partial charge in [0.15, 0.2) is 0 Å². The largest absolute Gasteiger partial charge is 0.347 e. The van der Waals surface area contributed by atoms with Crippen molar-refractivity contribution >= 4 is 27.7 Å². The minimum atomic E-state index is 0.0275. The number of hydrogen-bond acceptors (Lipinski definition) is 2. The van der Waals surface area contributed by atoms with Gasteiger partial charge in [0, 0.05) is 43.2 Å². The number of pyridine rings is 1. The van der Waals surface area contributed by atoms with E-state index in [1.165, 1.54) is 50.0 Å². The van der Waals surface area contributed by atoms with E-state index in [9.17, 15) is 4.79 Å². The van der Waals surface area contributed by atoms with Crippen molar-refractivity contribution in [2.75, 3.05) is 14.1 Å². The second-order valence-corrected chi connectivity index (χ2v) is 10.6. The summed E-state index contributed by atoms with van der Waals surface area (Å²) in [6, 6.07) is 0. The molecule has 0 aliphatic rings. The van der Waals surface area contributed by atoms with Crippen LogP contribution in [0.4, 0.5) is 0 Å². The Morgan fingerprint density at radius 1 is 0.657 bits per heavy atom. The zero-order valence-electron chi connectivity index (χ0n) is 23.7. The monoisotopic (exact) mass is 469 g/mol. The van der Waals surface area contributed by atoms with E-state index in [-0.39, 0.29) is 5.91 Å². The maximum absolute atomic E-state index is 13.7. The summed E-state index contributed by atoms with van der Waals surface area (Å²) < 4.78 is 2.30. The fraction of sp³-hybridized carbons (Fsp3) is 0.419. The maximum atomic E-state index is 13.7. The summed E-state index contributed by atoms with van der Waals surface area (Å²) in [5.41, 5.74) is 17.2. The second-order valence-electron chi connectivity index (χ2n) is 10.6. The molecule has 4 aromatic rings. The van der Waals surface area contributed by atoms with Gasteiger partial charge in [-0.05, 0) is 119 Å². The maximum Gasteiger partial charge on any atom is 0.254 e. The number of hydrogen-bond donors (Lipinski definition) is 0. The van der Waals surface area contributed by atoms with Gasteiger partial charge in [-0.2, -0.15) is 0 Å². The van der Waals surface area contributed by atoms with Crippen LogP contribution in [0.15, 0.2) is 0 Å². The molecule has 184 valence electrons. The van der Waals surface area contributed by atoms with Crippen LogP contribution >= 0.6 is 0 Å². The van der Waals surface area contributed by atoms with Crippen molar-refractivity contribution < 1.29 is 4.79 Å². The number of nitrogens with zero attached hydrogens (tertiary/aromatic N) is 3. The number of carbonyl (C=O) groups is 1. The Morgan fingerprint density at radius 3 is 1.69 bits per heavy atom. The van der Waals surface area contributed by atoms with Crippen LogP contribution < -0.4 is 0 Å². The molecule has 4 nitrogen and oxygen atoms in total. The Bertz CT molecular complexity index is 1580. The van der Waals surface area contributed by atoms with Crippen molar-refractivity contribution in [2.45, 2.75) is 69.2 Å². The van der Waals surface area contributed by atoms with Gasteiger partial charge in [0.25, 0.3) is 5.91 Å². The number of rotatable bonds is 2. The SMILES string of the molecule is Cc1c(C)c(C)c2c(C(=O)N(C)C)c(C)c(-c3c(C)n(C)c4c(C)c(C)c(C)c(C)c34)nc2c1C. The van der Waals surface area contributed by atoms with Gasteiger partial charge in [0.2, 0.25) is 0 Å². The molecule has 2 aromatic heterocycles. The molecule has 2 aromatic carbocycles. The van der Waals surface area contributed by atoms with E-state index in [0.717, 1.165) is 44.4 Å². The minimum absolute atomic E-state index is 0.0275. The molecule has 0 saturated carbocycles. The van der Waals surface area contributed by atoms with Crippen molar-refractivity contribution in [1.29, 1.82) is 0 Å². The van der Waals surface area contributed by atoms with Gasteiger partial charge in [0.05, 0.1) is 22.3 Å². The van der Waals surface area contributed by atoms with E-state index in [2.05, 4.69) is 80.9 Å². The van der Waals surface area contributed by atoms with E-state index in [0.29, 0.717) is 0 Å². The number of aromatic nitrogens is 2. The Morgan fingerprint density at radius 2 is 1.14 bits per heavy atom. The van der Waals surface area contributed by atoms with Crippen molar-refractivity contribution in [3.63, 3.8) is 0 Å². The summed E-state index contributed by atoms with van der Waals surface area (Å²) in [6.45, 7) is 21.7. The molecule has 0 radical (unpaired) electrons. The van der Waals surface area contributed by atoms with Crippen LogP contribution in [-0.4, -0.2) is 34.5 Å². The molecule has 0 saturated heterocycles. The van der Waals surface area contributed by atoms with Crippen molar-refractivity contribution in [2.24, 2.45) is 7.05 Å². The fourth-order valence-electron chi connectivity index (χ4n) is 5.80. The highest BCUT2D eigenvalue weighted by Gasteiger charge is 2.28. The first-order valence-corrected chi connectivity index (χ1v) is 12.4. The van der Waals surface area contributed by atoms with Gasteiger partial charge < -0.3 is 9.47 Å². The molecular weight excluding hydrogens is 430 g/mol. The van der Waals surface area contributed by atoms with E-state index in [4.69, 9.17) is 4.98 Å². The first kappa shape index (κ1) is 25.0. The summed E-state index contributed by atoms with van der Waals surface area (Å²) >= 11 is 0. The smallest absolute Gasteiger partial charge is 0.254 e. The molecular formula is C31H39N3O. The predicted molar refractivity (Wildman–Crippen MR) is 149 cm³/mol. The predicted octanol–water partition coefficient (Wildman–Crippen LogP) is 7.18. The molecule has 0 aliphatic heterocycles. The van der Waals surface area contributed by atoms with Gasteiger partial charge in [0.1, 0.15) is 0 Å². The van der Waals surface area contributed by atoms with Gasteiger partial charge in [-0.25, -0.2) is 4.98 Å². The van der Waals surface area contributed by atoms with E-state index in [1.807, 2.05) is 14.1 Å². The first-order valence-electron chi connectivity index (χ1n) is 12.4. The zero-order chi connectivity index (χ0) is 26.3. The van der Waals surface area contributed by atoms with Gasteiger partial charge >= 0.3 is 0 Å². The quantitative estimate of drug-likeness (QED) is 0.312. The van der Waals surface area contributed by atoms with E-state index >= 15 is 0 Å². The lowest BCUT2D eigenvalue weighted by Crippen LogP contribution is -2.24. The van der Waals surface area contributed by atoms with Gasteiger partial charge in [-0.15, -0.1) is 0 Å². The van der Waals surface area contributed by atoms with Crippen molar-refractivity contribution in [3.05, 3.63) is 61.3 Å². The summed E-state index contributed by atoms with van der Waals surface area (Å²) in [4.78, 5) is 20.8. The average Bonchev–Trinajstić information content (AvgIpc) is 3.08. The van der Waals surface area contributed by atoms with Crippen LogP contribution in [0.3, 0.4) is 0 Å². The number of benzene rings is 2. The van der Waals surface area contributed by atoms with Crippen LogP contribution in [0.5, 0.6) is 0 Å². The molecule has 4 heteroatoms. The van der Waals surface area contributed by atoms with E-state index in [1.54, 1.807) is 4.90 Å². The highest BCUT2D eigenvalue weighted by atomic mass is 16.2. The third kappa shape index (κ3) is 3.26. The highest BCUT2D eigenvalue weighted by molar-refractivity contribution is 6.12. The highest BCUT2D eigenvalue weighted by Crippen LogP contribution is 2.43. The summed E-state index contributed by atoms with van der Waals surface area (Å²) in [5, 5.41) is 2.24. The van der Waals surface area contributed by atoms with Crippen LogP contribution in [0, 0.1) is 69.2 Å².